The smallest absolute Gasteiger partial charge is 0.566 e. The van der Waals surface area contributed by atoms with Gasteiger partial charge in [0, 0.05) is 0 Å². The van der Waals surface area contributed by atoms with Crippen molar-refractivity contribution in [2.24, 2.45) is 0 Å². The Morgan fingerprint density at radius 3 is 0.865 bits per heavy atom. The fourth-order valence-corrected chi connectivity index (χ4v) is 4.37. The summed E-state index contributed by atoms with van der Waals surface area (Å²) in [5, 5.41) is 0. The van der Waals surface area contributed by atoms with Gasteiger partial charge >= 0.3 is 41.5 Å². The van der Waals surface area contributed by atoms with E-state index in [9.17, 15) is 28.4 Å². The van der Waals surface area contributed by atoms with E-state index in [1.165, 1.54) is 57.8 Å². The van der Waals surface area contributed by atoms with Gasteiger partial charge in [0.2, 0.25) is 0 Å². The Kier molecular flexibility index (Phi) is 41.7. The predicted octanol–water partition coefficient (Wildman–Crippen LogP) is 7.14. The minimum absolute atomic E-state index is 0. The molecule has 13 heteroatoms. The van der Waals surface area contributed by atoms with E-state index in [1.807, 2.05) is 0 Å². The van der Waals surface area contributed by atoms with Gasteiger partial charge in [-0.1, -0.05) is 97.8 Å². The van der Waals surface area contributed by atoms with Crippen LogP contribution in [0.15, 0.2) is 0 Å². The van der Waals surface area contributed by atoms with Crippen molar-refractivity contribution in [3.05, 3.63) is 0 Å². The van der Waals surface area contributed by atoms with E-state index < -0.39 is 24.8 Å². The van der Waals surface area contributed by atoms with Crippen LogP contribution in [0.3, 0.4) is 0 Å². The van der Waals surface area contributed by atoms with Crippen LogP contribution in [0.4, 0.5) is 0 Å². The van der Waals surface area contributed by atoms with Crippen LogP contribution in [0, 0.1) is 0 Å². The van der Waals surface area contributed by atoms with Gasteiger partial charge in [-0.3, -0.25) is 0 Å². The van der Waals surface area contributed by atoms with E-state index in [1.54, 1.807) is 20.8 Å². The first-order valence-corrected chi connectivity index (χ1v) is 16.7. The van der Waals surface area contributed by atoms with Gasteiger partial charge in [-0.2, -0.15) is 0 Å². The molecular formula is C24H51CoO9P3+3. The second-order valence-corrected chi connectivity index (χ2v) is 10.9. The molecule has 0 aromatic carbocycles. The maximum Gasteiger partial charge on any atom is 3.00 e. The van der Waals surface area contributed by atoms with Gasteiger partial charge in [0.25, 0.3) is 0 Å². The van der Waals surface area contributed by atoms with E-state index >= 15 is 0 Å². The first-order chi connectivity index (χ1) is 17.0. The SMILES string of the molecule is CCCCCCC(C)O[P+](=O)[O-].CCCCCCC(C)O[P+](=O)[O-].CCCCCCC(C)O[P+](=O)[O-].[Co+3]. The summed E-state index contributed by atoms with van der Waals surface area (Å²) in [5.74, 6) is 0. The van der Waals surface area contributed by atoms with Gasteiger partial charge in [-0.15, -0.1) is 13.6 Å². The standard InChI is InChI=1S/3C8H17O3P.Co/c3*1-3-4-5-6-7-8(2)11-12(9)10;/h3*8H,3-7H2,1-2H3;/q;;;+3. The quantitative estimate of drug-likeness (QED) is 0.0948. The summed E-state index contributed by atoms with van der Waals surface area (Å²) in [6, 6.07) is 0. The molecule has 0 rings (SSSR count). The van der Waals surface area contributed by atoms with Crippen molar-refractivity contribution in [2.45, 2.75) is 156 Å². The Balaban J connectivity index is -0.000000218. The molecule has 0 saturated heterocycles. The molecule has 0 bridgehead atoms. The van der Waals surface area contributed by atoms with Crippen molar-refractivity contribution in [1.82, 2.24) is 0 Å². The van der Waals surface area contributed by atoms with Crippen molar-refractivity contribution in [2.75, 3.05) is 0 Å². The number of rotatable bonds is 21. The molecule has 0 radical (unpaired) electrons. The monoisotopic (exact) mass is 635 g/mol. The van der Waals surface area contributed by atoms with E-state index in [2.05, 4.69) is 34.3 Å². The number of hydrogen-bond acceptors (Lipinski definition) is 9. The van der Waals surface area contributed by atoms with Gasteiger partial charge < -0.3 is 14.7 Å². The summed E-state index contributed by atoms with van der Waals surface area (Å²) in [7, 11) is -7.99. The third-order valence-corrected chi connectivity index (χ3v) is 6.79. The van der Waals surface area contributed by atoms with E-state index in [0.29, 0.717) is 0 Å². The second kappa shape index (κ2) is 34.6. The summed E-state index contributed by atoms with van der Waals surface area (Å²) < 4.78 is 44.1. The maximum atomic E-state index is 10.1. The fourth-order valence-electron chi connectivity index (χ4n) is 3.17. The Morgan fingerprint density at radius 1 is 0.486 bits per heavy atom. The van der Waals surface area contributed by atoms with Gasteiger partial charge in [0.05, 0.1) is 0 Å². The summed E-state index contributed by atoms with van der Waals surface area (Å²) in [4.78, 5) is 30.3. The first-order valence-electron chi connectivity index (χ1n) is 13.4. The summed E-state index contributed by atoms with van der Waals surface area (Å²) in [6.07, 6.45) is 16.0. The molecule has 0 heterocycles. The maximum absolute atomic E-state index is 10.1. The Hall–Kier alpha value is 0.566. The van der Waals surface area contributed by atoms with Crippen LogP contribution in [0.2, 0.25) is 0 Å². The van der Waals surface area contributed by atoms with Crippen LogP contribution < -0.4 is 14.7 Å². The summed E-state index contributed by atoms with van der Waals surface area (Å²) in [6.45, 7) is 11.8. The molecule has 6 atom stereocenters. The minimum atomic E-state index is -2.66. The molecule has 0 fully saturated rings. The zero-order valence-electron chi connectivity index (χ0n) is 23.7. The van der Waals surface area contributed by atoms with Crippen LogP contribution >= 0.6 is 24.8 Å². The molecule has 0 aliphatic carbocycles. The molecule has 0 N–H and O–H groups in total. The summed E-state index contributed by atoms with van der Waals surface area (Å²) >= 11 is 0. The van der Waals surface area contributed by atoms with Crippen molar-refractivity contribution in [3.63, 3.8) is 0 Å². The van der Waals surface area contributed by atoms with Crippen LogP contribution in [-0.4, -0.2) is 18.3 Å². The molecule has 222 valence electrons. The van der Waals surface area contributed by atoms with Gasteiger partial charge in [0.1, 0.15) is 18.3 Å². The first kappa shape index (κ1) is 44.6. The topological polar surface area (TPSA) is 148 Å². The Morgan fingerprint density at radius 2 is 0.703 bits per heavy atom. The molecule has 37 heavy (non-hydrogen) atoms. The van der Waals surface area contributed by atoms with Crippen molar-refractivity contribution in [3.8, 4) is 0 Å². The molecule has 0 aliphatic heterocycles. The molecular weight excluding hydrogens is 584 g/mol. The molecule has 6 unspecified atom stereocenters. The molecule has 0 saturated carbocycles. The van der Waals surface area contributed by atoms with Crippen LogP contribution in [-0.2, 0) is 44.0 Å². The van der Waals surface area contributed by atoms with Gasteiger partial charge in [-0.05, 0) is 53.7 Å². The second-order valence-electron chi connectivity index (χ2n) is 8.97. The fraction of sp³-hybridized carbons (Fsp3) is 1.00. The van der Waals surface area contributed by atoms with Crippen molar-refractivity contribution < 1.29 is 58.7 Å². The number of hydrogen-bond donors (Lipinski definition) is 0. The average molecular weight is 636 g/mol. The van der Waals surface area contributed by atoms with Crippen LogP contribution in [0.25, 0.3) is 0 Å². The van der Waals surface area contributed by atoms with Gasteiger partial charge in [0.15, 0.2) is 0 Å². The van der Waals surface area contributed by atoms with E-state index in [-0.39, 0.29) is 35.1 Å². The molecule has 0 aliphatic rings. The predicted molar refractivity (Wildman–Crippen MR) is 141 cm³/mol. The molecule has 0 amide bonds. The Labute approximate surface area is 239 Å². The van der Waals surface area contributed by atoms with E-state index in [4.69, 9.17) is 0 Å². The van der Waals surface area contributed by atoms with E-state index in [0.717, 1.165) is 38.5 Å². The van der Waals surface area contributed by atoms with Gasteiger partial charge in [-0.25, -0.2) is 0 Å². The Bertz CT molecular complexity index is 460. The third-order valence-electron chi connectivity index (χ3n) is 5.19. The van der Waals surface area contributed by atoms with Crippen molar-refractivity contribution >= 4 is 24.8 Å². The normalized spacial score (nSPS) is 14.0. The largest absolute Gasteiger partial charge is 3.00 e. The molecule has 0 aromatic rings. The zero-order chi connectivity index (χ0) is 28.2. The van der Waals surface area contributed by atoms with Crippen LogP contribution in [0.5, 0.6) is 0 Å². The number of unbranched alkanes of at least 4 members (excludes halogenated alkanes) is 9. The minimum Gasteiger partial charge on any atom is -0.566 e. The van der Waals surface area contributed by atoms with Crippen molar-refractivity contribution in [1.29, 1.82) is 0 Å². The summed E-state index contributed by atoms with van der Waals surface area (Å²) in [5.41, 5.74) is 0. The average Bonchev–Trinajstić information content (AvgIpc) is 2.77. The third kappa shape index (κ3) is 46.8. The molecule has 0 spiro atoms. The molecule has 9 nitrogen and oxygen atoms in total. The zero-order valence-corrected chi connectivity index (χ0v) is 27.4. The molecule has 0 aromatic heterocycles. The van der Waals surface area contributed by atoms with Crippen LogP contribution in [0.1, 0.15) is 138 Å².